The summed E-state index contributed by atoms with van der Waals surface area (Å²) in [5.74, 6) is -0.182. The Morgan fingerprint density at radius 3 is 2.17 bits per heavy atom. The van der Waals surface area contributed by atoms with Crippen LogP contribution in [0.15, 0.2) is 48.5 Å². The van der Waals surface area contributed by atoms with Crippen molar-refractivity contribution in [1.82, 2.24) is 4.98 Å². The molecule has 0 aliphatic carbocycles. The van der Waals surface area contributed by atoms with Crippen LogP contribution < -0.4 is 10.6 Å². The van der Waals surface area contributed by atoms with Crippen LogP contribution in [0.25, 0.3) is 11.1 Å². The summed E-state index contributed by atoms with van der Waals surface area (Å²) in [7, 11) is 1.34. The normalized spacial score (nSPS) is 12.1. The SMILES string of the molecule is COC(=O)C(OC(C)(C)C)c1c(C)c(NC(=O)Nc2ccccc2)nc(C)c1-c1ccc(C)c(C)c1. The van der Waals surface area contributed by atoms with Gasteiger partial charge in [0.1, 0.15) is 5.82 Å². The zero-order valence-corrected chi connectivity index (χ0v) is 22.3. The van der Waals surface area contributed by atoms with Crippen molar-refractivity contribution >= 4 is 23.5 Å². The number of aromatic nitrogens is 1. The van der Waals surface area contributed by atoms with Crippen LogP contribution in [-0.4, -0.2) is 29.7 Å². The number of carbonyl (C=O) groups excluding carboxylic acids is 2. The highest BCUT2D eigenvalue weighted by molar-refractivity contribution is 6.00. The molecule has 36 heavy (non-hydrogen) atoms. The van der Waals surface area contributed by atoms with Crippen LogP contribution in [0.1, 0.15) is 54.8 Å². The second-order valence-electron chi connectivity index (χ2n) is 9.84. The summed E-state index contributed by atoms with van der Waals surface area (Å²) in [5, 5.41) is 5.65. The van der Waals surface area contributed by atoms with Crippen LogP contribution in [0.5, 0.6) is 0 Å². The fraction of sp³-hybridized carbons (Fsp3) is 0.345. The number of pyridine rings is 1. The number of benzene rings is 2. The maximum Gasteiger partial charge on any atom is 0.339 e. The van der Waals surface area contributed by atoms with Crippen molar-refractivity contribution in [2.45, 2.75) is 60.2 Å². The number of urea groups is 1. The molecule has 190 valence electrons. The maximum atomic E-state index is 13.1. The molecule has 1 unspecified atom stereocenters. The molecular weight excluding hydrogens is 454 g/mol. The van der Waals surface area contributed by atoms with Crippen molar-refractivity contribution in [2.75, 3.05) is 17.7 Å². The highest BCUT2D eigenvalue weighted by Gasteiger charge is 2.34. The van der Waals surface area contributed by atoms with E-state index in [-0.39, 0.29) is 0 Å². The first-order valence-corrected chi connectivity index (χ1v) is 11.9. The molecule has 1 heterocycles. The van der Waals surface area contributed by atoms with Crippen molar-refractivity contribution in [2.24, 2.45) is 0 Å². The number of para-hydroxylation sites is 1. The van der Waals surface area contributed by atoms with E-state index in [9.17, 15) is 9.59 Å². The number of esters is 1. The Hall–Kier alpha value is -3.71. The molecule has 0 fully saturated rings. The maximum absolute atomic E-state index is 13.1. The van der Waals surface area contributed by atoms with Gasteiger partial charge in [-0.1, -0.05) is 36.4 Å². The average molecular weight is 490 g/mol. The van der Waals surface area contributed by atoms with Gasteiger partial charge < -0.3 is 14.8 Å². The highest BCUT2D eigenvalue weighted by atomic mass is 16.6. The van der Waals surface area contributed by atoms with Crippen molar-refractivity contribution < 1.29 is 19.1 Å². The molecule has 0 saturated heterocycles. The lowest BCUT2D eigenvalue weighted by Gasteiger charge is -2.30. The summed E-state index contributed by atoms with van der Waals surface area (Å²) in [6.07, 6.45) is -1.02. The number of hydrogen-bond acceptors (Lipinski definition) is 5. The standard InChI is InChI=1S/C29H35N3O4/c1-17-14-15-21(16-18(17)2)24-20(4)30-26(32-28(34)31-22-12-10-9-11-13-22)19(3)23(24)25(27(33)35-8)36-29(5,6)7/h9-16,25H,1-8H3,(H2,30,31,32,34). The van der Waals surface area contributed by atoms with Gasteiger partial charge in [0.25, 0.3) is 0 Å². The van der Waals surface area contributed by atoms with E-state index in [1.165, 1.54) is 7.11 Å². The number of methoxy groups -OCH3 is 1. The summed E-state index contributed by atoms with van der Waals surface area (Å²) in [6, 6.07) is 14.8. The van der Waals surface area contributed by atoms with Crippen molar-refractivity contribution in [3.05, 3.63) is 76.5 Å². The van der Waals surface area contributed by atoms with Gasteiger partial charge in [-0.05, 0) is 82.9 Å². The molecule has 3 rings (SSSR count). The minimum atomic E-state index is -1.02. The van der Waals surface area contributed by atoms with Crippen LogP contribution in [0, 0.1) is 27.7 Å². The van der Waals surface area contributed by atoms with Gasteiger partial charge in [-0.25, -0.2) is 14.6 Å². The Morgan fingerprint density at radius 1 is 0.917 bits per heavy atom. The molecule has 0 aliphatic rings. The molecule has 2 amide bonds. The van der Waals surface area contributed by atoms with Crippen molar-refractivity contribution in [1.29, 1.82) is 0 Å². The van der Waals surface area contributed by atoms with Gasteiger partial charge >= 0.3 is 12.0 Å². The van der Waals surface area contributed by atoms with E-state index in [0.717, 1.165) is 22.3 Å². The summed E-state index contributed by atoms with van der Waals surface area (Å²) >= 11 is 0. The molecule has 0 aliphatic heterocycles. The Morgan fingerprint density at radius 2 is 1.58 bits per heavy atom. The number of carbonyl (C=O) groups is 2. The molecule has 0 bridgehead atoms. The van der Waals surface area contributed by atoms with E-state index in [2.05, 4.69) is 23.6 Å². The Kier molecular flexibility index (Phi) is 8.15. The van der Waals surface area contributed by atoms with E-state index in [1.807, 2.05) is 71.9 Å². The smallest absolute Gasteiger partial charge is 0.339 e. The predicted octanol–water partition coefficient (Wildman–Crippen LogP) is 6.66. The number of anilines is 2. The fourth-order valence-electron chi connectivity index (χ4n) is 4.01. The molecule has 1 aromatic heterocycles. The Bertz CT molecular complexity index is 1260. The molecule has 0 radical (unpaired) electrons. The van der Waals surface area contributed by atoms with Crippen LogP contribution in [0.2, 0.25) is 0 Å². The first kappa shape index (κ1) is 26.9. The van der Waals surface area contributed by atoms with Gasteiger partial charge in [0, 0.05) is 22.5 Å². The van der Waals surface area contributed by atoms with E-state index in [0.29, 0.717) is 28.3 Å². The Balaban J connectivity index is 2.19. The zero-order chi connectivity index (χ0) is 26.6. The van der Waals surface area contributed by atoms with Gasteiger partial charge in [0.15, 0.2) is 6.10 Å². The fourth-order valence-corrected chi connectivity index (χ4v) is 4.01. The minimum absolute atomic E-state index is 0.343. The average Bonchev–Trinajstić information content (AvgIpc) is 2.81. The van der Waals surface area contributed by atoms with Crippen LogP contribution in [0.4, 0.5) is 16.3 Å². The third kappa shape index (κ3) is 6.29. The quantitative estimate of drug-likeness (QED) is 0.378. The third-order valence-corrected chi connectivity index (χ3v) is 5.88. The number of nitrogens with one attached hydrogen (secondary N) is 2. The molecule has 2 aromatic carbocycles. The summed E-state index contributed by atoms with van der Waals surface area (Å²) in [4.78, 5) is 30.6. The van der Waals surface area contributed by atoms with Crippen LogP contribution in [-0.2, 0) is 14.3 Å². The molecule has 7 nitrogen and oxygen atoms in total. The largest absolute Gasteiger partial charge is 0.467 e. The van der Waals surface area contributed by atoms with Gasteiger partial charge in [0.2, 0.25) is 0 Å². The predicted molar refractivity (Wildman–Crippen MR) is 143 cm³/mol. The molecule has 1 atom stereocenters. The topological polar surface area (TPSA) is 89.5 Å². The number of ether oxygens (including phenoxy) is 2. The number of amides is 2. The van der Waals surface area contributed by atoms with Gasteiger partial charge in [-0.3, -0.25) is 5.32 Å². The lowest BCUT2D eigenvalue weighted by molar-refractivity contribution is -0.164. The van der Waals surface area contributed by atoms with Crippen molar-refractivity contribution in [3.63, 3.8) is 0 Å². The number of hydrogen-bond donors (Lipinski definition) is 2. The van der Waals surface area contributed by atoms with E-state index in [4.69, 9.17) is 14.5 Å². The van der Waals surface area contributed by atoms with Gasteiger partial charge in [0.05, 0.1) is 12.7 Å². The lowest BCUT2D eigenvalue weighted by atomic mass is 9.89. The van der Waals surface area contributed by atoms with E-state index >= 15 is 0 Å². The Labute approximate surface area is 213 Å². The molecular formula is C29H35N3O4. The second kappa shape index (κ2) is 10.9. The highest BCUT2D eigenvalue weighted by Crippen LogP contribution is 2.40. The number of rotatable bonds is 6. The second-order valence-corrected chi connectivity index (χ2v) is 9.84. The monoisotopic (exact) mass is 489 g/mol. The van der Waals surface area contributed by atoms with Crippen LogP contribution >= 0.6 is 0 Å². The van der Waals surface area contributed by atoms with E-state index in [1.54, 1.807) is 12.1 Å². The first-order valence-electron chi connectivity index (χ1n) is 11.9. The minimum Gasteiger partial charge on any atom is -0.467 e. The number of nitrogens with zero attached hydrogens (tertiary/aromatic N) is 1. The molecule has 0 spiro atoms. The molecule has 0 saturated carbocycles. The molecule has 2 N–H and O–H groups in total. The molecule has 7 heteroatoms. The lowest BCUT2D eigenvalue weighted by Crippen LogP contribution is -2.30. The zero-order valence-electron chi connectivity index (χ0n) is 22.3. The third-order valence-electron chi connectivity index (χ3n) is 5.88. The van der Waals surface area contributed by atoms with E-state index < -0.39 is 23.7 Å². The summed E-state index contributed by atoms with van der Waals surface area (Å²) in [6.45, 7) is 13.4. The molecule has 3 aromatic rings. The first-order chi connectivity index (χ1) is 16.9. The number of aryl methyl sites for hydroxylation is 3. The van der Waals surface area contributed by atoms with Gasteiger partial charge in [-0.2, -0.15) is 0 Å². The summed E-state index contributed by atoms with van der Waals surface area (Å²) in [5.41, 5.74) is 5.87. The summed E-state index contributed by atoms with van der Waals surface area (Å²) < 4.78 is 11.4. The van der Waals surface area contributed by atoms with Crippen molar-refractivity contribution in [3.8, 4) is 11.1 Å². The van der Waals surface area contributed by atoms with Crippen LogP contribution in [0.3, 0.4) is 0 Å². The van der Waals surface area contributed by atoms with Gasteiger partial charge in [-0.15, -0.1) is 0 Å².